The molecule has 0 fully saturated rings. The summed E-state index contributed by atoms with van der Waals surface area (Å²) in [5, 5.41) is 10.9. The SMILES string of the molecule is CCCCCCCCOc1c(O)c2c(OCCC(=O)OCC)cccc2oc1=O. The fourth-order valence-electron chi connectivity index (χ4n) is 2.97. The van der Waals surface area contributed by atoms with Crippen molar-refractivity contribution < 1.29 is 28.5 Å². The number of esters is 1. The average Bonchev–Trinajstić information content (AvgIpc) is 2.69. The van der Waals surface area contributed by atoms with Gasteiger partial charge in [-0.3, -0.25) is 4.79 Å². The summed E-state index contributed by atoms with van der Waals surface area (Å²) in [5.74, 6) is -0.592. The van der Waals surface area contributed by atoms with Gasteiger partial charge in [0.05, 0.1) is 26.2 Å². The van der Waals surface area contributed by atoms with Crippen molar-refractivity contribution in [1.29, 1.82) is 0 Å². The third-order valence-corrected chi connectivity index (χ3v) is 4.44. The van der Waals surface area contributed by atoms with E-state index in [0.717, 1.165) is 19.3 Å². The zero-order valence-electron chi connectivity index (χ0n) is 17.2. The third-order valence-electron chi connectivity index (χ3n) is 4.44. The molecule has 0 amide bonds. The van der Waals surface area contributed by atoms with Crippen LogP contribution in [0.2, 0.25) is 0 Å². The Bertz CT molecular complexity index is 841. The first-order valence-corrected chi connectivity index (χ1v) is 10.3. The molecule has 0 spiro atoms. The van der Waals surface area contributed by atoms with Gasteiger partial charge in [-0.1, -0.05) is 45.1 Å². The number of fused-ring (bicyclic) bond motifs is 1. The smallest absolute Gasteiger partial charge is 0.383 e. The van der Waals surface area contributed by atoms with Gasteiger partial charge in [0.2, 0.25) is 5.75 Å². The van der Waals surface area contributed by atoms with Crippen molar-refractivity contribution >= 4 is 16.9 Å². The predicted octanol–water partition coefficient (Wildman–Crippen LogP) is 4.57. The summed E-state index contributed by atoms with van der Waals surface area (Å²) >= 11 is 0. The number of aromatic hydroxyl groups is 1. The van der Waals surface area contributed by atoms with Gasteiger partial charge in [0.25, 0.3) is 0 Å². The van der Waals surface area contributed by atoms with Crippen LogP contribution in [-0.2, 0) is 9.53 Å². The number of carbonyl (C=O) groups is 1. The standard InChI is InChI=1S/C22H30O7/c1-3-5-6-7-8-9-14-28-21-20(24)19-16(27-15-13-18(23)26-4-2)11-10-12-17(19)29-22(21)25/h10-12,24H,3-9,13-15H2,1-2H3. The van der Waals surface area contributed by atoms with Crippen LogP contribution in [0.4, 0.5) is 0 Å². The number of rotatable bonds is 13. The highest BCUT2D eigenvalue weighted by atomic mass is 16.5. The molecule has 160 valence electrons. The highest BCUT2D eigenvalue weighted by Crippen LogP contribution is 2.37. The van der Waals surface area contributed by atoms with E-state index < -0.39 is 5.63 Å². The zero-order valence-corrected chi connectivity index (χ0v) is 17.2. The molecule has 1 N–H and O–H groups in total. The van der Waals surface area contributed by atoms with Crippen molar-refractivity contribution in [3.05, 3.63) is 28.6 Å². The number of carbonyl (C=O) groups excluding carboxylic acids is 1. The maximum atomic E-state index is 12.2. The molecule has 0 aliphatic rings. The van der Waals surface area contributed by atoms with Crippen LogP contribution in [-0.4, -0.2) is 30.9 Å². The van der Waals surface area contributed by atoms with Crippen molar-refractivity contribution in [1.82, 2.24) is 0 Å². The predicted molar refractivity (Wildman–Crippen MR) is 110 cm³/mol. The van der Waals surface area contributed by atoms with Gasteiger partial charge >= 0.3 is 11.6 Å². The largest absolute Gasteiger partial charge is 0.503 e. The van der Waals surface area contributed by atoms with Gasteiger partial charge in [-0.15, -0.1) is 0 Å². The van der Waals surface area contributed by atoms with Crippen molar-refractivity contribution in [2.45, 2.75) is 58.8 Å². The van der Waals surface area contributed by atoms with Crippen LogP contribution in [0.5, 0.6) is 17.2 Å². The van der Waals surface area contributed by atoms with Crippen LogP contribution in [0.15, 0.2) is 27.4 Å². The summed E-state index contributed by atoms with van der Waals surface area (Å²) in [6.45, 7) is 4.60. The Kier molecular flexibility index (Phi) is 9.34. The van der Waals surface area contributed by atoms with Crippen LogP contribution in [0.25, 0.3) is 11.0 Å². The van der Waals surface area contributed by atoms with E-state index in [1.54, 1.807) is 25.1 Å². The first kappa shape index (κ1) is 22.6. The lowest BCUT2D eigenvalue weighted by Crippen LogP contribution is -2.11. The lowest BCUT2D eigenvalue weighted by Gasteiger charge is -2.12. The Hall–Kier alpha value is -2.70. The fraction of sp³-hybridized carbons (Fsp3) is 0.545. The van der Waals surface area contributed by atoms with E-state index in [0.29, 0.717) is 19.0 Å². The van der Waals surface area contributed by atoms with Gasteiger partial charge in [-0.2, -0.15) is 0 Å². The molecule has 0 bridgehead atoms. The lowest BCUT2D eigenvalue weighted by atomic mass is 10.1. The van der Waals surface area contributed by atoms with E-state index in [1.807, 2.05) is 0 Å². The summed E-state index contributed by atoms with van der Waals surface area (Å²) in [5.41, 5.74) is -0.544. The number of hydrogen-bond acceptors (Lipinski definition) is 7. The molecule has 0 atom stereocenters. The number of benzene rings is 1. The zero-order chi connectivity index (χ0) is 21.1. The van der Waals surface area contributed by atoms with E-state index >= 15 is 0 Å². The second kappa shape index (κ2) is 12.0. The highest BCUT2D eigenvalue weighted by Gasteiger charge is 2.19. The molecule has 1 heterocycles. The molecule has 29 heavy (non-hydrogen) atoms. The molecule has 7 heteroatoms. The van der Waals surface area contributed by atoms with Crippen LogP contribution < -0.4 is 15.1 Å². The van der Waals surface area contributed by atoms with Gasteiger partial charge in [-0.25, -0.2) is 4.79 Å². The summed E-state index contributed by atoms with van der Waals surface area (Å²) in [6, 6.07) is 4.83. The molecule has 1 aromatic heterocycles. The quantitative estimate of drug-likeness (QED) is 0.296. The number of ether oxygens (including phenoxy) is 3. The Labute approximate surface area is 170 Å². The fourth-order valence-corrected chi connectivity index (χ4v) is 2.97. The first-order chi connectivity index (χ1) is 14.1. The summed E-state index contributed by atoms with van der Waals surface area (Å²) in [6.07, 6.45) is 6.57. The summed E-state index contributed by atoms with van der Waals surface area (Å²) in [4.78, 5) is 23.7. The monoisotopic (exact) mass is 406 g/mol. The molecular formula is C22H30O7. The molecule has 7 nitrogen and oxygen atoms in total. The van der Waals surface area contributed by atoms with Crippen molar-refractivity contribution in [2.24, 2.45) is 0 Å². The average molecular weight is 406 g/mol. The van der Waals surface area contributed by atoms with Crippen LogP contribution in [0.3, 0.4) is 0 Å². The van der Waals surface area contributed by atoms with E-state index in [1.165, 1.54) is 19.3 Å². The van der Waals surface area contributed by atoms with E-state index in [2.05, 4.69) is 6.92 Å². The van der Waals surface area contributed by atoms with Gasteiger partial charge in [-0.05, 0) is 25.5 Å². The Morgan fingerprint density at radius 3 is 2.55 bits per heavy atom. The van der Waals surface area contributed by atoms with Gasteiger partial charge < -0.3 is 23.7 Å². The summed E-state index contributed by atoms with van der Waals surface area (Å²) in [7, 11) is 0. The van der Waals surface area contributed by atoms with E-state index in [4.69, 9.17) is 18.6 Å². The van der Waals surface area contributed by atoms with Crippen LogP contribution >= 0.6 is 0 Å². The molecule has 1 aromatic carbocycles. The van der Waals surface area contributed by atoms with Crippen molar-refractivity contribution in [3.8, 4) is 17.2 Å². The minimum atomic E-state index is -0.732. The van der Waals surface area contributed by atoms with E-state index in [9.17, 15) is 14.7 Å². The Morgan fingerprint density at radius 2 is 1.79 bits per heavy atom. The number of unbranched alkanes of at least 4 members (excludes halogenated alkanes) is 5. The first-order valence-electron chi connectivity index (χ1n) is 10.3. The van der Waals surface area contributed by atoms with Gasteiger partial charge in [0, 0.05) is 0 Å². The molecule has 0 radical (unpaired) electrons. The minimum Gasteiger partial charge on any atom is -0.503 e. The van der Waals surface area contributed by atoms with Gasteiger partial charge in [0.1, 0.15) is 16.7 Å². The molecule has 2 aromatic rings. The molecule has 0 aliphatic carbocycles. The van der Waals surface area contributed by atoms with Crippen LogP contribution in [0, 0.1) is 0 Å². The topological polar surface area (TPSA) is 95.2 Å². The molecular weight excluding hydrogens is 376 g/mol. The normalized spacial score (nSPS) is 10.8. The van der Waals surface area contributed by atoms with Crippen molar-refractivity contribution in [3.63, 3.8) is 0 Å². The Morgan fingerprint density at radius 1 is 1.03 bits per heavy atom. The lowest BCUT2D eigenvalue weighted by molar-refractivity contribution is -0.143. The second-order valence-corrected chi connectivity index (χ2v) is 6.72. The highest BCUT2D eigenvalue weighted by molar-refractivity contribution is 5.91. The minimum absolute atomic E-state index is 0.0726. The molecule has 0 saturated heterocycles. The summed E-state index contributed by atoms with van der Waals surface area (Å²) < 4.78 is 21.3. The second-order valence-electron chi connectivity index (χ2n) is 6.72. The van der Waals surface area contributed by atoms with Crippen LogP contribution in [0.1, 0.15) is 58.8 Å². The molecule has 2 rings (SSSR count). The maximum absolute atomic E-state index is 12.2. The third kappa shape index (κ3) is 6.69. The maximum Gasteiger partial charge on any atom is 0.383 e. The van der Waals surface area contributed by atoms with Crippen molar-refractivity contribution in [2.75, 3.05) is 19.8 Å². The van der Waals surface area contributed by atoms with E-state index in [-0.39, 0.29) is 41.5 Å². The molecule has 0 unspecified atom stereocenters. The molecule has 0 saturated carbocycles. The Balaban J connectivity index is 2.06. The molecule has 0 aliphatic heterocycles. The number of hydrogen-bond donors (Lipinski definition) is 1. The van der Waals surface area contributed by atoms with Gasteiger partial charge in [0.15, 0.2) is 5.75 Å².